The van der Waals surface area contributed by atoms with E-state index in [1.54, 1.807) is 7.11 Å². The summed E-state index contributed by atoms with van der Waals surface area (Å²) in [6.07, 6.45) is 2.05. The summed E-state index contributed by atoms with van der Waals surface area (Å²) in [5.74, 6) is 2.03. The summed E-state index contributed by atoms with van der Waals surface area (Å²) in [6.45, 7) is 4.66. The molecule has 1 aromatic carbocycles. The van der Waals surface area contributed by atoms with Gasteiger partial charge in [-0.2, -0.15) is 0 Å². The van der Waals surface area contributed by atoms with Gasteiger partial charge in [0, 0.05) is 31.1 Å². The number of hydrogen-bond donors (Lipinski definition) is 3. The number of halogens is 1. The first kappa shape index (κ1) is 24.5. The molecule has 1 aromatic rings. The van der Waals surface area contributed by atoms with Gasteiger partial charge in [0.1, 0.15) is 5.75 Å². The summed E-state index contributed by atoms with van der Waals surface area (Å²) in [6, 6.07) is 8.14. The molecule has 8 heteroatoms. The standard InChI is InChI=1S/C20H33N5O2.HI/c1-5-21-20(23-13-12-22-19(26)15-10-11-15)24-14-17(25(2)3)16-8-6-7-9-18(16)27-4;/h6-9,15,17H,5,10-14H2,1-4H3,(H,22,26)(H2,21,23,24);1H. The van der Waals surface area contributed by atoms with Crippen LogP contribution in [0.15, 0.2) is 29.3 Å². The van der Waals surface area contributed by atoms with Crippen molar-refractivity contribution >= 4 is 35.8 Å². The molecule has 28 heavy (non-hydrogen) atoms. The SMILES string of the molecule is CCNC(=NCC(c1ccccc1OC)N(C)C)NCCNC(=O)C1CC1.I. The van der Waals surface area contributed by atoms with Crippen LogP contribution in [0.1, 0.15) is 31.4 Å². The van der Waals surface area contributed by atoms with E-state index in [2.05, 4.69) is 26.9 Å². The Kier molecular flexibility index (Phi) is 11.2. The minimum absolute atomic E-state index is 0. The Morgan fingerprint density at radius 2 is 1.89 bits per heavy atom. The Hall–Kier alpha value is -1.55. The van der Waals surface area contributed by atoms with E-state index in [0.29, 0.717) is 19.6 Å². The molecule has 0 spiro atoms. The van der Waals surface area contributed by atoms with Crippen molar-refractivity contribution in [1.29, 1.82) is 0 Å². The van der Waals surface area contributed by atoms with Crippen LogP contribution in [0.5, 0.6) is 5.75 Å². The summed E-state index contributed by atoms with van der Waals surface area (Å²) in [7, 11) is 5.77. The summed E-state index contributed by atoms with van der Waals surface area (Å²) in [4.78, 5) is 18.6. The van der Waals surface area contributed by atoms with Crippen LogP contribution in [0.3, 0.4) is 0 Å². The van der Waals surface area contributed by atoms with Crippen LogP contribution < -0.4 is 20.7 Å². The van der Waals surface area contributed by atoms with Crippen molar-refractivity contribution in [3.63, 3.8) is 0 Å². The molecular weight excluding hydrogens is 469 g/mol. The quantitative estimate of drug-likeness (QED) is 0.197. The number of amides is 1. The van der Waals surface area contributed by atoms with Gasteiger partial charge < -0.3 is 25.6 Å². The topological polar surface area (TPSA) is 78.0 Å². The van der Waals surface area contributed by atoms with Gasteiger partial charge >= 0.3 is 0 Å². The van der Waals surface area contributed by atoms with Crippen molar-refractivity contribution in [1.82, 2.24) is 20.9 Å². The number of rotatable bonds is 10. The number of benzene rings is 1. The molecular formula is C20H34IN5O2. The van der Waals surface area contributed by atoms with E-state index in [0.717, 1.165) is 36.7 Å². The van der Waals surface area contributed by atoms with Crippen LogP contribution in [0, 0.1) is 5.92 Å². The second-order valence-corrected chi connectivity index (χ2v) is 6.93. The highest BCUT2D eigenvalue weighted by Crippen LogP contribution is 2.29. The van der Waals surface area contributed by atoms with E-state index in [4.69, 9.17) is 9.73 Å². The maximum atomic E-state index is 11.7. The zero-order valence-electron chi connectivity index (χ0n) is 17.3. The van der Waals surface area contributed by atoms with Crippen LogP contribution in [-0.2, 0) is 4.79 Å². The molecule has 158 valence electrons. The van der Waals surface area contributed by atoms with E-state index in [1.807, 2.05) is 39.2 Å². The average molecular weight is 503 g/mol. The maximum absolute atomic E-state index is 11.7. The van der Waals surface area contributed by atoms with Crippen molar-refractivity contribution in [2.24, 2.45) is 10.9 Å². The van der Waals surface area contributed by atoms with Crippen LogP contribution in [-0.4, -0.2) is 64.2 Å². The largest absolute Gasteiger partial charge is 0.496 e. The summed E-state index contributed by atoms with van der Waals surface area (Å²) < 4.78 is 5.51. The minimum Gasteiger partial charge on any atom is -0.496 e. The van der Waals surface area contributed by atoms with Gasteiger partial charge in [-0.05, 0) is 39.9 Å². The molecule has 1 saturated carbocycles. The normalized spacial score (nSPS) is 14.8. The van der Waals surface area contributed by atoms with Crippen LogP contribution in [0.2, 0.25) is 0 Å². The molecule has 0 heterocycles. The van der Waals surface area contributed by atoms with E-state index in [-0.39, 0.29) is 41.8 Å². The van der Waals surface area contributed by atoms with Gasteiger partial charge in [-0.25, -0.2) is 0 Å². The molecule has 1 aliphatic rings. The molecule has 1 aliphatic carbocycles. The first-order valence-corrected chi connectivity index (χ1v) is 9.66. The third kappa shape index (κ3) is 7.83. The third-order valence-corrected chi connectivity index (χ3v) is 4.55. The molecule has 0 radical (unpaired) electrons. The van der Waals surface area contributed by atoms with Crippen LogP contribution in [0.4, 0.5) is 0 Å². The monoisotopic (exact) mass is 503 g/mol. The molecule has 3 N–H and O–H groups in total. The second kappa shape index (κ2) is 12.8. The van der Waals surface area contributed by atoms with Gasteiger partial charge in [0.15, 0.2) is 5.96 Å². The van der Waals surface area contributed by atoms with Crippen molar-refractivity contribution in [3.05, 3.63) is 29.8 Å². The smallest absolute Gasteiger partial charge is 0.223 e. The first-order chi connectivity index (χ1) is 13.1. The third-order valence-electron chi connectivity index (χ3n) is 4.55. The Balaban J connectivity index is 0.00000392. The van der Waals surface area contributed by atoms with Crippen LogP contribution >= 0.6 is 24.0 Å². The molecule has 0 aromatic heterocycles. The number of para-hydroxylation sites is 1. The number of guanidine groups is 1. The van der Waals surface area contributed by atoms with Crippen molar-refractivity contribution in [3.8, 4) is 5.75 Å². The Morgan fingerprint density at radius 1 is 1.21 bits per heavy atom. The molecule has 2 rings (SSSR count). The summed E-state index contributed by atoms with van der Waals surface area (Å²) >= 11 is 0. The van der Waals surface area contributed by atoms with Gasteiger partial charge in [-0.3, -0.25) is 9.79 Å². The maximum Gasteiger partial charge on any atom is 0.223 e. The molecule has 1 unspecified atom stereocenters. The number of carbonyl (C=O) groups excluding carboxylic acids is 1. The molecule has 7 nitrogen and oxygen atoms in total. The number of nitrogens with zero attached hydrogens (tertiary/aromatic N) is 2. The van der Waals surface area contributed by atoms with E-state index >= 15 is 0 Å². The number of likely N-dealkylation sites (N-methyl/N-ethyl adjacent to an activating group) is 1. The lowest BCUT2D eigenvalue weighted by Gasteiger charge is -2.25. The number of ether oxygens (including phenoxy) is 1. The van der Waals surface area contributed by atoms with E-state index in [1.165, 1.54) is 0 Å². The van der Waals surface area contributed by atoms with Gasteiger partial charge in [-0.1, -0.05) is 18.2 Å². The van der Waals surface area contributed by atoms with Crippen molar-refractivity contribution in [2.75, 3.05) is 47.4 Å². The Morgan fingerprint density at radius 3 is 2.50 bits per heavy atom. The number of hydrogen-bond acceptors (Lipinski definition) is 4. The predicted octanol–water partition coefficient (Wildman–Crippen LogP) is 2.00. The fourth-order valence-electron chi connectivity index (χ4n) is 2.86. The van der Waals surface area contributed by atoms with Gasteiger partial charge in [0.05, 0.1) is 19.7 Å². The van der Waals surface area contributed by atoms with Crippen molar-refractivity contribution < 1.29 is 9.53 Å². The van der Waals surface area contributed by atoms with Gasteiger partial charge in [0.2, 0.25) is 5.91 Å². The molecule has 1 amide bonds. The molecule has 0 saturated heterocycles. The number of methoxy groups -OCH3 is 1. The number of carbonyl (C=O) groups is 1. The van der Waals surface area contributed by atoms with E-state index < -0.39 is 0 Å². The second-order valence-electron chi connectivity index (χ2n) is 6.93. The van der Waals surface area contributed by atoms with Crippen molar-refractivity contribution in [2.45, 2.75) is 25.8 Å². The fourth-order valence-corrected chi connectivity index (χ4v) is 2.86. The Bertz CT molecular complexity index is 635. The minimum atomic E-state index is 0. The number of nitrogens with one attached hydrogen (secondary N) is 3. The zero-order chi connectivity index (χ0) is 19.6. The highest BCUT2D eigenvalue weighted by Gasteiger charge is 2.29. The fraction of sp³-hybridized carbons (Fsp3) is 0.600. The highest BCUT2D eigenvalue weighted by atomic mass is 127. The molecule has 1 fully saturated rings. The summed E-state index contributed by atoms with van der Waals surface area (Å²) in [5, 5.41) is 9.50. The lowest BCUT2D eigenvalue weighted by atomic mass is 10.0. The lowest BCUT2D eigenvalue weighted by molar-refractivity contribution is -0.122. The van der Waals surface area contributed by atoms with E-state index in [9.17, 15) is 4.79 Å². The van der Waals surface area contributed by atoms with Gasteiger partial charge in [-0.15, -0.1) is 24.0 Å². The molecule has 0 aliphatic heterocycles. The summed E-state index contributed by atoms with van der Waals surface area (Å²) in [5.41, 5.74) is 1.11. The van der Waals surface area contributed by atoms with Gasteiger partial charge in [0.25, 0.3) is 0 Å². The zero-order valence-corrected chi connectivity index (χ0v) is 19.7. The molecule has 0 bridgehead atoms. The number of aliphatic imine (C=N–C) groups is 1. The lowest BCUT2D eigenvalue weighted by Crippen LogP contribution is -2.42. The first-order valence-electron chi connectivity index (χ1n) is 9.66. The Labute approximate surface area is 185 Å². The van der Waals surface area contributed by atoms with Crippen LogP contribution in [0.25, 0.3) is 0 Å². The predicted molar refractivity (Wildman–Crippen MR) is 125 cm³/mol. The molecule has 1 atom stereocenters. The highest BCUT2D eigenvalue weighted by molar-refractivity contribution is 14.0. The average Bonchev–Trinajstić information content (AvgIpc) is 3.50.